The highest BCUT2D eigenvalue weighted by Crippen LogP contribution is 2.34. The van der Waals surface area contributed by atoms with Crippen molar-refractivity contribution in [3.63, 3.8) is 0 Å². The molecule has 3 fully saturated rings. The van der Waals surface area contributed by atoms with E-state index in [0.717, 1.165) is 12.8 Å². The van der Waals surface area contributed by atoms with Crippen LogP contribution in [-0.2, 0) is 4.79 Å². The highest BCUT2D eigenvalue weighted by Gasteiger charge is 2.47. The number of amides is 1. The quantitative estimate of drug-likeness (QED) is 0.838. The van der Waals surface area contributed by atoms with Crippen molar-refractivity contribution in [1.82, 2.24) is 15.1 Å². The van der Waals surface area contributed by atoms with E-state index >= 15 is 0 Å². The molecule has 3 saturated heterocycles. The topological polar surface area (TPSA) is 35.6 Å². The van der Waals surface area contributed by atoms with Crippen LogP contribution in [0.5, 0.6) is 0 Å². The van der Waals surface area contributed by atoms with Gasteiger partial charge in [-0.2, -0.15) is 0 Å². The first-order valence-corrected chi connectivity index (χ1v) is 7.90. The summed E-state index contributed by atoms with van der Waals surface area (Å²) in [5, 5.41) is 3.50. The Morgan fingerprint density at radius 2 is 2.05 bits per heavy atom. The second-order valence-corrected chi connectivity index (χ2v) is 6.87. The summed E-state index contributed by atoms with van der Waals surface area (Å²) in [7, 11) is 0. The zero-order valence-electron chi connectivity index (χ0n) is 12.4. The van der Waals surface area contributed by atoms with Crippen LogP contribution >= 0.6 is 0 Å². The first-order valence-electron chi connectivity index (χ1n) is 7.90. The van der Waals surface area contributed by atoms with E-state index in [1.54, 1.807) is 0 Å². The van der Waals surface area contributed by atoms with Crippen LogP contribution in [0, 0.1) is 5.92 Å². The Hall–Kier alpha value is -0.610. The standard InChI is InChI=1S/C15H27N3O/c1-10(2)9-12-15(19)18(11(3)16-12)14-6-8-17-7-4-5-13(14)17/h10-14,16H,4-9H2,1-3H3. The lowest BCUT2D eigenvalue weighted by molar-refractivity contribution is -0.132. The predicted octanol–water partition coefficient (Wildman–Crippen LogP) is 1.42. The molecule has 1 amide bonds. The Morgan fingerprint density at radius 1 is 1.26 bits per heavy atom. The monoisotopic (exact) mass is 265 g/mol. The van der Waals surface area contributed by atoms with Gasteiger partial charge in [-0.05, 0) is 45.1 Å². The summed E-state index contributed by atoms with van der Waals surface area (Å²) in [6.45, 7) is 8.95. The zero-order valence-corrected chi connectivity index (χ0v) is 12.4. The van der Waals surface area contributed by atoms with Gasteiger partial charge < -0.3 is 4.90 Å². The summed E-state index contributed by atoms with van der Waals surface area (Å²) < 4.78 is 0. The van der Waals surface area contributed by atoms with Crippen molar-refractivity contribution in [2.75, 3.05) is 13.1 Å². The summed E-state index contributed by atoms with van der Waals surface area (Å²) in [5.74, 6) is 0.917. The maximum Gasteiger partial charge on any atom is 0.241 e. The molecule has 1 N–H and O–H groups in total. The van der Waals surface area contributed by atoms with Crippen molar-refractivity contribution in [1.29, 1.82) is 0 Å². The smallest absolute Gasteiger partial charge is 0.241 e. The molecule has 0 bridgehead atoms. The molecule has 0 aliphatic carbocycles. The number of nitrogens with zero attached hydrogens (tertiary/aromatic N) is 2. The molecule has 4 nitrogen and oxygen atoms in total. The lowest BCUT2D eigenvalue weighted by Gasteiger charge is -2.32. The van der Waals surface area contributed by atoms with Crippen molar-refractivity contribution >= 4 is 5.91 Å². The van der Waals surface area contributed by atoms with E-state index in [9.17, 15) is 4.79 Å². The van der Waals surface area contributed by atoms with Gasteiger partial charge in [0.05, 0.1) is 18.2 Å². The van der Waals surface area contributed by atoms with Crippen LogP contribution in [0.25, 0.3) is 0 Å². The van der Waals surface area contributed by atoms with Gasteiger partial charge in [-0.3, -0.25) is 15.0 Å². The average molecular weight is 265 g/mol. The van der Waals surface area contributed by atoms with Gasteiger partial charge in [0.1, 0.15) is 0 Å². The molecule has 4 unspecified atom stereocenters. The third-order valence-corrected chi connectivity index (χ3v) is 5.05. The molecule has 0 aromatic heterocycles. The minimum atomic E-state index is 0.0467. The summed E-state index contributed by atoms with van der Waals surface area (Å²) in [6.07, 6.45) is 4.91. The molecule has 0 aromatic carbocycles. The van der Waals surface area contributed by atoms with E-state index in [1.165, 1.54) is 25.9 Å². The molecule has 0 aromatic rings. The molecule has 3 aliphatic heterocycles. The lowest BCUT2D eigenvalue weighted by Crippen LogP contribution is -2.48. The van der Waals surface area contributed by atoms with Gasteiger partial charge in [-0.15, -0.1) is 0 Å². The van der Waals surface area contributed by atoms with Crippen molar-refractivity contribution in [2.45, 2.75) is 70.7 Å². The van der Waals surface area contributed by atoms with Gasteiger partial charge in [0.25, 0.3) is 0 Å². The van der Waals surface area contributed by atoms with Crippen LogP contribution in [-0.4, -0.2) is 53.1 Å². The van der Waals surface area contributed by atoms with Gasteiger partial charge in [0.2, 0.25) is 5.91 Å². The fraction of sp³-hybridized carbons (Fsp3) is 0.933. The Morgan fingerprint density at radius 3 is 2.79 bits per heavy atom. The summed E-state index contributed by atoms with van der Waals surface area (Å²) in [4.78, 5) is 17.4. The number of carbonyl (C=O) groups excluding carboxylic acids is 1. The van der Waals surface area contributed by atoms with Crippen LogP contribution in [0.1, 0.15) is 46.5 Å². The highest BCUT2D eigenvalue weighted by atomic mass is 16.2. The normalized spacial score (nSPS) is 39.6. The fourth-order valence-electron chi connectivity index (χ4n) is 4.28. The second kappa shape index (κ2) is 5.06. The molecule has 0 saturated carbocycles. The molecular weight excluding hydrogens is 238 g/mol. The Balaban J connectivity index is 1.72. The van der Waals surface area contributed by atoms with Gasteiger partial charge >= 0.3 is 0 Å². The van der Waals surface area contributed by atoms with Crippen molar-refractivity contribution < 1.29 is 4.79 Å². The third-order valence-electron chi connectivity index (χ3n) is 5.05. The van der Waals surface area contributed by atoms with E-state index < -0.39 is 0 Å². The first kappa shape index (κ1) is 13.4. The number of hydrogen-bond donors (Lipinski definition) is 1. The van der Waals surface area contributed by atoms with E-state index in [-0.39, 0.29) is 12.2 Å². The molecule has 0 radical (unpaired) electrons. The maximum atomic E-state index is 12.7. The molecule has 0 spiro atoms. The zero-order chi connectivity index (χ0) is 13.6. The molecule has 3 rings (SSSR count). The van der Waals surface area contributed by atoms with Crippen LogP contribution in [0.15, 0.2) is 0 Å². The number of fused-ring (bicyclic) bond motifs is 1. The van der Waals surface area contributed by atoms with E-state index in [0.29, 0.717) is 23.9 Å². The molecule has 19 heavy (non-hydrogen) atoms. The molecule has 3 aliphatic rings. The van der Waals surface area contributed by atoms with Gasteiger partial charge in [-0.25, -0.2) is 0 Å². The van der Waals surface area contributed by atoms with Gasteiger partial charge in [-0.1, -0.05) is 13.8 Å². The van der Waals surface area contributed by atoms with Crippen molar-refractivity contribution in [2.24, 2.45) is 5.92 Å². The minimum absolute atomic E-state index is 0.0467. The lowest BCUT2D eigenvalue weighted by atomic mass is 10.0. The van der Waals surface area contributed by atoms with E-state index in [2.05, 4.69) is 35.9 Å². The maximum absolute atomic E-state index is 12.7. The van der Waals surface area contributed by atoms with Crippen molar-refractivity contribution in [3.05, 3.63) is 0 Å². The Kier molecular flexibility index (Phi) is 3.56. The minimum Gasteiger partial charge on any atom is -0.321 e. The molecular formula is C15H27N3O. The first-order chi connectivity index (χ1) is 9.08. The van der Waals surface area contributed by atoms with Crippen LogP contribution in [0.2, 0.25) is 0 Å². The molecule has 4 atom stereocenters. The fourth-order valence-corrected chi connectivity index (χ4v) is 4.28. The molecule has 108 valence electrons. The van der Waals surface area contributed by atoms with E-state index in [4.69, 9.17) is 0 Å². The Labute approximate surface area is 116 Å². The number of nitrogens with one attached hydrogen (secondary N) is 1. The van der Waals surface area contributed by atoms with Gasteiger partial charge in [0.15, 0.2) is 0 Å². The number of rotatable bonds is 3. The van der Waals surface area contributed by atoms with Crippen molar-refractivity contribution in [3.8, 4) is 0 Å². The third kappa shape index (κ3) is 2.29. The molecule has 3 heterocycles. The predicted molar refractivity (Wildman–Crippen MR) is 75.7 cm³/mol. The summed E-state index contributed by atoms with van der Waals surface area (Å²) >= 11 is 0. The van der Waals surface area contributed by atoms with Crippen LogP contribution < -0.4 is 5.32 Å². The summed E-state index contributed by atoms with van der Waals surface area (Å²) in [5.41, 5.74) is 0. The number of carbonyl (C=O) groups is 1. The van der Waals surface area contributed by atoms with Gasteiger partial charge in [0, 0.05) is 12.6 Å². The van der Waals surface area contributed by atoms with Crippen LogP contribution in [0.4, 0.5) is 0 Å². The number of hydrogen-bond acceptors (Lipinski definition) is 3. The van der Waals surface area contributed by atoms with E-state index in [1.807, 2.05) is 0 Å². The Bertz CT molecular complexity index is 357. The largest absolute Gasteiger partial charge is 0.321 e. The summed E-state index contributed by atoms with van der Waals surface area (Å²) in [6, 6.07) is 1.13. The van der Waals surface area contributed by atoms with Crippen LogP contribution in [0.3, 0.4) is 0 Å². The SMILES string of the molecule is CC(C)CC1NC(C)N(C2CCN3CCCC23)C1=O. The second-order valence-electron chi connectivity index (χ2n) is 6.87. The highest BCUT2D eigenvalue weighted by molar-refractivity contribution is 5.84. The average Bonchev–Trinajstić information content (AvgIpc) is 2.97. The molecule has 4 heteroatoms.